The zero-order valence-corrected chi connectivity index (χ0v) is 12.2. The lowest BCUT2D eigenvalue weighted by molar-refractivity contribution is 0.0941. The monoisotopic (exact) mass is 292 g/mol. The van der Waals surface area contributed by atoms with E-state index >= 15 is 0 Å². The first-order valence-electron chi connectivity index (χ1n) is 7.03. The first kappa shape index (κ1) is 17.2. The number of carbonyl (C=O) groups is 1. The number of ether oxygens (including phenoxy) is 1. The molecule has 0 heterocycles. The lowest BCUT2D eigenvalue weighted by Gasteiger charge is -2.07. The molecular formula is C16H21FN2O2. The summed E-state index contributed by atoms with van der Waals surface area (Å²) in [5.74, 6) is 4.64. The third-order valence-corrected chi connectivity index (χ3v) is 2.65. The van der Waals surface area contributed by atoms with E-state index in [0.717, 1.165) is 19.4 Å². The van der Waals surface area contributed by atoms with Crippen LogP contribution in [-0.2, 0) is 4.74 Å². The SMILES string of the molecule is CCCOCCCNC(=O)c1ccc(F)cc1C#CCN. The number of nitrogens with one attached hydrogen (secondary N) is 1. The Kier molecular flexibility index (Phi) is 8.10. The van der Waals surface area contributed by atoms with Crippen molar-refractivity contribution in [2.75, 3.05) is 26.3 Å². The summed E-state index contributed by atoms with van der Waals surface area (Å²) >= 11 is 0. The van der Waals surface area contributed by atoms with E-state index in [0.29, 0.717) is 24.3 Å². The van der Waals surface area contributed by atoms with Crippen LogP contribution in [0.3, 0.4) is 0 Å². The number of amides is 1. The van der Waals surface area contributed by atoms with Gasteiger partial charge in [0, 0.05) is 25.3 Å². The van der Waals surface area contributed by atoms with Gasteiger partial charge in [-0.25, -0.2) is 4.39 Å². The molecule has 0 saturated carbocycles. The molecule has 1 aromatic rings. The van der Waals surface area contributed by atoms with Crippen LogP contribution in [0.2, 0.25) is 0 Å². The van der Waals surface area contributed by atoms with Gasteiger partial charge >= 0.3 is 0 Å². The fourth-order valence-electron chi connectivity index (χ4n) is 1.68. The molecule has 0 saturated heterocycles. The third-order valence-electron chi connectivity index (χ3n) is 2.65. The normalized spacial score (nSPS) is 9.86. The van der Waals surface area contributed by atoms with Crippen LogP contribution in [-0.4, -0.2) is 32.2 Å². The summed E-state index contributed by atoms with van der Waals surface area (Å²) in [6, 6.07) is 3.91. The molecule has 0 aliphatic heterocycles. The van der Waals surface area contributed by atoms with Crippen molar-refractivity contribution < 1.29 is 13.9 Å². The molecule has 1 amide bonds. The molecule has 0 aliphatic carbocycles. The van der Waals surface area contributed by atoms with E-state index in [9.17, 15) is 9.18 Å². The van der Waals surface area contributed by atoms with Gasteiger partial charge < -0.3 is 15.8 Å². The molecule has 21 heavy (non-hydrogen) atoms. The van der Waals surface area contributed by atoms with Gasteiger partial charge in [-0.2, -0.15) is 0 Å². The number of nitrogens with two attached hydrogens (primary N) is 1. The lowest BCUT2D eigenvalue weighted by Crippen LogP contribution is -2.26. The molecule has 0 unspecified atom stereocenters. The van der Waals surface area contributed by atoms with Crippen LogP contribution in [0.1, 0.15) is 35.7 Å². The summed E-state index contributed by atoms with van der Waals surface area (Å²) in [6.45, 7) is 4.04. The molecule has 0 fully saturated rings. The van der Waals surface area contributed by atoms with Crippen molar-refractivity contribution in [1.82, 2.24) is 5.32 Å². The van der Waals surface area contributed by atoms with Gasteiger partial charge in [0.1, 0.15) is 5.82 Å². The Morgan fingerprint density at radius 2 is 2.24 bits per heavy atom. The van der Waals surface area contributed by atoms with E-state index in [2.05, 4.69) is 17.2 Å². The highest BCUT2D eigenvalue weighted by atomic mass is 19.1. The maximum absolute atomic E-state index is 13.2. The summed E-state index contributed by atoms with van der Waals surface area (Å²) < 4.78 is 18.5. The van der Waals surface area contributed by atoms with Gasteiger partial charge in [-0.3, -0.25) is 4.79 Å². The molecular weight excluding hydrogens is 271 g/mol. The summed E-state index contributed by atoms with van der Waals surface area (Å²) in [4.78, 5) is 12.1. The average Bonchev–Trinajstić information content (AvgIpc) is 2.48. The van der Waals surface area contributed by atoms with Crippen molar-refractivity contribution in [3.8, 4) is 11.8 Å². The number of rotatable bonds is 7. The average molecular weight is 292 g/mol. The quantitative estimate of drug-likeness (QED) is 0.593. The van der Waals surface area contributed by atoms with E-state index < -0.39 is 5.82 Å². The fourth-order valence-corrected chi connectivity index (χ4v) is 1.68. The highest BCUT2D eigenvalue weighted by Crippen LogP contribution is 2.10. The van der Waals surface area contributed by atoms with Gasteiger partial charge in [-0.1, -0.05) is 18.8 Å². The van der Waals surface area contributed by atoms with Gasteiger partial charge in [0.2, 0.25) is 0 Å². The van der Waals surface area contributed by atoms with Gasteiger partial charge in [0.25, 0.3) is 5.91 Å². The van der Waals surface area contributed by atoms with E-state index in [1.807, 2.05) is 6.92 Å². The van der Waals surface area contributed by atoms with E-state index in [-0.39, 0.29) is 12.5 Å². The molecule has 114 valence electrons. The molecule has 5 heteroatoms. The molecule has 0 radical (unpaired) electrons. The maximum Gasteiger partial charge on any atom is 0.252 e. The van der Waals surface area contributed by atoms with Gasteiger partial charge in [-0.05, 0) is 31.0 Å². The van der Waals surface area contributed by atoms with Crippen molar-refractivity contribution in [2.24, 2.45) is 5.73 Å². The van der Waals surface area contributed by atoms with Gasteiger partial charge in [0.05, 0.1) is 12.1 Å². The first-order chi connectivity index (χ1) is 10.2. The Morgan fingerprint density at radius 3 is 2.95 bits per heavy atom. The Balaban J connectivity index is 2.57. The molecule has 4 nitrogen and oxygen atoms in total. The minimum Gasteiger partial charge on any atom is -0.381 e. The van der Waals surface area contributed by atoms with E-state index in [1.54, 1.807) is 0 Å². The predicted octanol–water partition coefficient (Wildman–Crippen LogP) is 1.68. The lowest BCUT2D eigenvalue weighted by atomic mass is 10.1. The highest BCUT2D eigenvalue weighted by Gasteiger charge is 2.10. The second-order valence-corrected chi connectivity index (χ2v) is 4.42. The molecule has 1 rings (SSSR count). The molecule has 0 spiro atoms. The largest absolute Gasteiger partial charge is 0.381 e. The summed E-state index contributed by atoms with van der Waals surface area (Å²) in [5.41, 5.74) is 6.00. The van der Waals surface area contributed by atoms with Crippen LogP contribution in [0.15, 0.2) is 18.2 Å². The smallest absolute Gasteiger partial charge is 0.252 e. The van der Waals surface area contributed by atoms with Crippen molar-refractivity contribution in [2.45, 2.75) is 19.8 Å². The van der Waals surface area contributed by atoms with E-state index in [1.165, 1.54) is 18.2 Å². The predicted molar refractivity (Wildman–Crippen MR) is 80.4 cm³/mol. The molecule has 0 aromatic heterocycles. The van der Waals surface area contributed by atoms with Crippen LogP contribution in [0.25, 0.3) is 0 Å². The summed E-state index contributed by atoms with van der Waals surface area (Å²) in [6.07, 6.45) is 1.71. The second kappa shape index (κ2) is 9.92. The van der Waals surface area contributed by atoms with E-state index in [4.69, 9.17) is 10.5 Å². The van der Waals surface area contributed by atoms with Crippen molar-refractivity contribution in [1.29, 1.82) is 0 Å². The molecule has 1 aromatic carbocycles. The fraction of sp³-hybridized carbons (Fsp3) is 0.438. The van der Waals surface area contributed by atoms with Gasteiger partial charge in [-0.15, -0.1) is 0 Å². The van der Waals surface area contributed by atoms with Crippen molar-refractivity contribution in [3.63, 3.8) is 0 Å². The van der Waals surface area contributed by atoms with Gasteiger partial charge in [0.15, 0.2) is 0 Å². The molecule has 3 N–H and O–H groups in total. The van der Waals surface area contributed by atoms with Crippen LogP contribution in [0, 0.1) is 17.7 Å². The minimum absolute atomic E-state index is 0.159. The summed E-state index contributed by atoms with van der Waals surface area (Å²) in [5, 5.41) is 2.77. The number of benzene rings is 1. The Hall–Kier alpha value is -1.90. The Morgan fingerprint density at radius 1 is 1.43 bits per heavy atom. The third kappa shape index (κ3) is 6.39. The van der Waals surface area contributed by atoms with Crippen LogP contribution in [0.4, 0.5) is 4.39 Å². The zero-order chi connectivity index (χ0) is 15.5. The number of hydrogen-bond acceptors (Lipinski definition) is 3. The number of carbonyl (C=O) groups excluding carboxylic acids is 1. The number of halogens is 1. The Labute approximate surface area is 124 Å². The summed E-state index contributed by atoms with van der Waals surface area (Å²) in [7, 11) is 0. The molecule has 0 atom stereocenters. The molecule has 0 bridgehead atoms. The van der Waals surface area contributed by atoms with Crippen LogP contribution < -0.4 is 11.1 Å². The Bertz CT molecular complexity index is 521. The standard InChI is InChI=1S/C16H21FN2O2/c1-2-10-21-11-4-9-19-16(20)15-7-6-14(17)12-13(15)5-3-8-18/h6-7,12H,2,4,8-11,18H2,1H3,(H,19,20). The van der Waals surface area contributed by atoms with Crippen molar-refractivity contribution in [3.05, 3.63) is 35.1 Å². The minimum atomic E-state index is -0.430. The van der Waals surface area contributed by atoms with Crippen LogP contribution >= 0.6 is 0 Å². The maximum atomic E-state index is 13.2. The second-order valence-electron chi connectivity index (χ2n) is 4.42. The number of hydrogen-bond donors (Lipinski definition) is 2. The molecule has 0 aliphatic rings. The highest BCUT2D eigenvalue weighted by molar-refractivity contribution is 5.96. The topological polar surface area (TPSA) is 64.3 Å². The van der Waals surface area contributed by atoms with Crippen LogP contribution in [0.5, 0.6) is 0 Å². The first-order valence-corrected chi connectivity index (χ1v) is 7.03. The zero-order valence-electron chi connectivity index (χ0n) is 12.2. The van der Waals surface area contributed by atoms with Crippen molar-refractivity contribution >= 4 is 5.91 Å².